The first-order valence-electron chi connectivity index (χ1n) is 8.02. The summed E-state index contributed by atoms with van der Waals surface area (Å²) in [5.41, 5.74) is 1.29. The molecule has 0 spiro atoms. The van der Waals surface area contributed by atoms with Crippen molar-refractivity contribution in [2.45, 2.75) is 13.3 Å². The number of hydrogen-bond acceptors (Lipinski definition) is 4. The van der Waals surface area contributed by atoms with Gasteiger partial charge in [0.15, 0.2) is 0 Å². The lowest BCUT2D eigenvalue weighted by Crippen LogP contribution is -2.35. The van der Waals surface area contributed by atoms with Gasteiger partial charge < -0.3 is 15.4 Å². The zero-order chi connectivity index (χ0) is 18.9. The molecule has 2 aromatic carbocycles. The fourth-order valence-electron chi connectivity index (χ4n) is 2.20. The molecule has 2 N–H and O–H groups in total. The van der Waals surface area contributed by atoms with E-state index in [9.17, 15) is 14.4 Å². The fraction of sp³-hybridized carbons (Fsp3) is 0.211. The van der Waals surface area contributed by atoms with Crippen LogP contribution in [0.3, 0.4) is 0 Å². The van der Waals surface area contributed by atoms with Gasteiger partial charge >= 0.3 is 5.97 Å². The highest BCUT2D eigenvalue weighted by molar-refractivity contribution is 9.10. The molecule has 2 amide bonds. The molecule has 0 saturated heterocycles. The van der Waals surface area contributed by atoms with Crippen molar-refractivity contribution >= 4 is 33.7 Å². The third kappa shape index (κ3) is 6.68. The first-order valence-corrected chi connectivity index (χ1v) is 8.81. The molecule has 0 aliphatic heterocycles. The Bertz CT molecular complexity index is 790. The summed E-state index contributed by atoms with van der Waals surface area (Å²) in [5.74, 6) is -0.552. The van der Waals surface area contributed by atoms with Crippen LogP contribution in [0.5, 0.6) is 5.75 Å². The smallest absolute Gasteiger partial charge is 0.308 e. The van der Waals surface area contributed by atoms with Crippen molar-refractivity contribution in [2.75, 3.05) is 13.1 Å². The van der Waals surface area contributed by atoms with E-state index in [1.807, 2.05) is 24.3 Å². The number of amides is 2. The van der Waals surface area contributed by atoms with E-state index in [1.54, 1.807) is 18.2 Å². The van der Waals surface area contributed by atoms with Gasteiger partial charge in [0.25, 0.3) is 5.91 Å². The fourth-order valence-corrected chi connectivity index (χ4v) is 2.46. The number of benzene rings is 2. The first kappa shape index (κ1) is 19.7. The minimum Gasteiger partial charge on any atom is -0.427 e. The first-order chi connectivity index (χ1) is 12.4. The lowest BCUT2D eigenvalue weighted by molar-refractivity contribution is -0.131. The van der Waals surface area contributed by atoms with Crippen LogP contribution in [-0.4, -0.2) is 30.9 Å². The summed E-state index contributed by atoms with van der Waals surface area (Å²) >= 11 is 3.35. The maximum absolute atomic E-state index is 12.1. The standard InChI is InChI=1S/C19H19BrN2O4/c1-13(23)26-17-4-2-3-15(12-17)19(25)22-10-9-21-18(24)11-14-5-7-16(20)8-6-14/h2-8,12H,9-11H2,1H3,(H,21,24)(H,22,25). The predicted octanol–water partition coefficient (Wildman–Crippen LogP) is 2.46. The molecule has 7 heteroatoms. The molecule has 0 unspecified atom stereocenters. The van der Waals surface area contributed by atoms with Crippen molar-refractivity contribution in [1.29, 1.82) is 0 Å². The molecule has 0 aliphatic rings. The largest absolute Gasteiger partial charge is 0.427 e. The van der Waals surface area contributed by atoms with Crippen LogP contribution >= 0.6 is 15.9 Å². The molecule has 0 aliphatic carbocycles. The molecule has 0 radical (unpaired) electrons. The molecule has 6 nitrogen and oxygen atoms in total. The van der Waals surface area contributed by atoms with Gasteiger partial charge in [-0.15, -0.1) is 0 Å². The van der Waals surface area contributed by atoms with Gasteiger partial charge in [0.05, 0.1) is 6.42 Å². The number of carbonyl (C=O) groups is 3. The normalized spacial score (nSPS) is 10.1. The van der Waals surface area contributed by atoms with Crippen molar-refractivity contribution in [2.24, 2.45) is 0 Å². The van der Waals surface area contributed by atoms with Crippen LogP contribution in [0.15, 0.2) is 53.0 Å². The third-order valence-electron chi connectivity index (χ3n) is 3.37. The average molecular weight is 419 g/mol. The monoisotopic (exact) mass is 418 g/mol. The molecule has 0 heterocycles. The van der Waals surface area contributed by atoms with E-state index in [0.29, 0.717) is 24.4 Å². The van der Waals surface area contributed by atoms with Crippen molar-refractivity contribution in [3.8, 4) is 5.75 Å². The van der Waals surface area contributed by atoms with Gasteiger partial charge in [-0.2, -0.15) is 0 Å². The topological polar surface area (TPSA) is 84.5 Å². The Morgan fingerprint density at radius 1 is 1.00 bits per heavy atom. The zero-order valence-electron chi connectivity index (χ0n) is 14.3. The molecule has 0 saturated carbocycles. The Morgan fingerprint density at radius 2 is 1.69 bits per heavy atom. The summed E-state index contributed by atoms with van der Waals surface area (Å²) in [6, 6.07) is 13.9. The summed E-state index contributed by atoms with van der Waals surface area (Å²) in [4.78, 5) is 34.9. The van der Waals surface area contributed by atoms with Gasteiger partial charge in [0.1, 0.15) is 5.75 Å². The highest BCUT2D eigenvalue weighted by Crippen LogP contribution is 2.13. The van der Waals surface area contributed by atoms with Gasteiger partial charge in [-0.3, -0.25) is 14.4 Å². The minimum absolute atomic E-state index is 0.113. The minimum atomic E-state index is -0.448. The predicted molar refractivity (Wildman–Crippen MR) is 101 cm³/mol. The molecule has 2 rings (SSSR count). The SMILES string of the molecule is CC(=O)Oc1cccc(C(=O)NCCNC(=O)Cc2ccc(Br)cc2)c1. The number of rotatable bonds is 7. The van der Waals surface area contributed by atoms with Gasteiger partial charge in [-0.25, -0.2) is 0 Å². The number of halogens is 1. The van der Waals surface area contributed by atoms with Crippen LogP contribution in [0.2, 0.25) is 0 Å². The van der Waals surface area contributed by atoms with Gasteiger partial charge in [0.2, 0.25) is 5.91 Å². The lowest BCUT2D eigenvalue weighted by atomic mass is 10.1. The van der Waals surface area contributed by atoms with Gasteiger partial charge in [-0.1, -0.05) is 34.1 Å². The highest BCUT2D eigenvalue weighted by Gasteiger charge is 2.08. The molecule has 136 valence electrons. The molecule has 2 aromatic rings. The maximum atomic E-state index is 12.1. The molecular formula is C19H19BrN2O4. The van der Waals surface area contributed by atoms with E-state index < -0.39 is 5.97 Å². The van der Waals surface area contributed by atoms with Crippen LogP contribution in [0, 0.1) is 0 Å². The molecule has 0 atom stereocenters. The van der Waals surface area contributed by atoms with E-state index in [1.165, 1.54) is 13.0 Å². The summed E-state index contributed by atoms with van der Waals surface area (Å²) in [6.07, 6.45) is 0.283. The number of esters is 1. The Labute approximate surface area is 160 Å². The summed E-state index contributed by atoms with van der Waals surface area (Å²) in [5, 5.41) is 5.46. The Morgan fingerprint density at radius 3 is 2.38 bits per heavy atom. The number of ether oxygens (including phenoxy) is 1. The van der Waals surface area contributed by atoms with Gasteiger partial charge in [0, 0.05) is 30.0 Å². The van der Waals surface area contributed by atoms with Crippen molar-refractivity contribution in [3.63, 3.8) is 0 Å². The average Bonchev–Trinajstić information content (AvgIpc) is 2.60. The van der Waals surface area contributed by atoms with Crippen LogP contribution in [-0.2, 0) is 16.0 Å². The van der Waals surface area contributed by atoms with E-state index in [4.69, 9.17) is 4.74 Å². The molecular weight excluding hydrogens is 400 g/mol. The highest BCUT2D eigenvalue weighted by atomic mass is 79.9. The maximum Gasteiger partial charge on any atom is 0.308 e. The van der Waals surface area contributed by atoms with Crippen molar-refractivity contribution in [3.05, 3.63) is 64.1 Å². The third-order valence-corrected chi connectivity index (χ3v) is 3.90. The van der Waals surface area contributed by atoms with Crippen LogP contribution in [0.1, 0.15) is 22.8 Å². The molecule has 0 fully saturated rings. The van der Waals surface area contributed by atoms with Crippen LogP contribution in [0.25, 0.3) is 0 Å². The van der Waals surface area contributed by atoms with Crippen molar-refractivity contribution in [1.82, 2.24) is 10.6 Å². The Kier molecular flexibility index (Phi) is 7.35. The summed E-state index contributed by atoms with van der Waals surface area (Å²) in [6.45, 7) is 1.91. The molecule has 0 bridgehead atoms. The number of hydrogen-bond donors (Lipinski definition) is 2. The second-order valence-electron chi connectivity index (χ2n) is 5.53. The zero-order valence-corrected chi connectivity index (χ0v) is 15.8. The van der Waals surface area contributed by atoms with E-state index in [0.717, 1.165) is 10.0 Å². The summed E-state index contributed by atoms with van der Waals surface area (Å²) in [7, 11) is 0. The molecule has 26 heavy (non-hydrogen) atoms. The number of nitrogens with one attached hydrogen (secondary N) is 2. The number of carbonyl (C=O) groups excluding carboxylic acids is 3. The van der Waals surface area contributed by atoms with E-state index in [2.05, 4.69) is 26.6 Å². The summed E-state index contributed by atoms with van der Waals surface area (Å²) < 4.78 is 5.91. The lowest BCUT2D eigenvalue weighted by Gasteiger charge is -2.08. The quantitative estimate of drug-likeness (QED) is 0.410. The Balaban J connectivity index is 1.73. The second kappa shape index (κ2) is 9.72. The van der Waals surface area contributed by atoms with Crippen molar-refractivity contribution < 1.29 is 19.1 Å². The Hall–Kier alpha value is -2.67. The second-order valence-corrected chi connectivity index (χ2v) is 6.45. The molecule has 0 aromatic heterocycles. The van der Waals surface area contributed by atoms with Crippen LogP contribution in [0.4, 0.5) is 0 Å². The van der Waals surface area contributed by atoms with Crippen LogP contribution < -0.4 is 15.4 Å². The van der Waals surface area contributed by atoms with E-state index in [-0.39, 0.29) is 18.2 Å². The van der Waals surface area contributed by atoms with E-state index >= 15 is 0 Å². The van der Waals surface area contributed by atoms with Gasteiger partial charge in [-0.05, 0) is 35.9 Å².